The van der Waals surface area contributed by atoms with Crippen LogP contribution in [0.4, 0.5) is 9.18 Å². The Morgan fingerprint density at radius 1 is 1.29 bits per heavy atom. The zero-order chi connectivity index (χ0) is 15.2. The Labute approximate surface area is 122 Å². The monoisotopic (exact) mass is 294 g/mol. The first-order valence-electron chi connectivity index (χ1n) is 7.08. The lowest BCUT2D eigenvalue weighted by Crippen LogP contribution is -2.45. The van der Waals surface area contributed by atoms with E-state index in [1.54, 1.807) is 18.2 Å². The highest BCUT2D eigenvalue weighted by molar-refractivity contribution is 5.77. The van der Waals surface area contributed by atoms with Gasteiger partial charge in [-0.3, -0.25) is 4.79 Å². The van der Waals surface area contributed by atoms with Gasteiger partial charge in [-0.1, -0.05) is 24.6 Å². The Hall–Kier alpha value is -2.11. The lowest BCUT2D eigenvalue weighted by atomic mass is 10.0. The molecule has 114 valence electrons. The van der Waals surface area contributed by atoms with Gasteiger partial charge in [0.2, 0.25) is 0 Å². The first kappa shape index (κ1) is 15.3. The summed E-state index contributed by atoms with van der Waals surface area (Å²) < 4.78 is 13.4. The number of rotatable bonds is 5. The highest BCUT2D eigenvalue weighted by Gasteiger charge is 2.33. The molecule has 0 saturated heterocycles. The highest BCUT2D eigenvalue weighted by atomic mass is 19.1. The molecule has 2 amide bonds. The molecule has 3 N–H and O–H groups in total. The summed E-state index contributed by atoms with van der Waals surface area (Å²) in [6.45, 7) is 0.303. The average Bonchev–Trinajstić information content (AvgIpc) is 2.89. The van der Waals surface area contributed by atoms with Crippen LogP contribution >= 0.6 is 0 Å². The van der Waals surface area contributed by atoms with Crippen LogP contribution < -0.4 is 10.6 Å². The van der Waals surface area contributed by atoms with E-state index in [1.165, 1.54) is 6.07 Å². The minimum Gasteiger partial charge on any atom is -0.481 e. The molecule has 0 heterocycles. The van der Waals surface area contributed by atoms with Crippen LogP contribution in [-0.2, 0) is 11.2 Å². The molecule has 1 aromatic carbocycles. The van der Waals surface area contributed by atoms with Crippen LogP contribution in [0.2, 0.25) is 0 Å². The van der Waals surface area contributed by atoms with Gasteiger partial charge in [0.1, 0.15) is 5.82 Å². The van der Waals surface area contributed by atoms with E-state index in [1.807, 2.05) is 0 Å². The summed E-state index contributed by atoms with van der Waals surface area (Å²) in [5.74, 6) is -1.67. The lowest BCUT2D eigenvalue weighted by molar-refractivity contribution is -0.142. The number of carbonyl (C=O) groups is 2. The molecule has 2 rings (SSSR count). The molecule has 1 fully saturated rings. The Morgan fingerprint density at radius 2 is 2.05 bits per heavy atom. The van der Waals surface area contributed by atoms with Gasteiger partial charge in [0, 0.05) is 12.6 Å². The molecule has 5 nitrogen and oxygen atoms in total. The summed E-state index contributed by atoms with van der Waals surface area (Å²) in [5.41, 5.74) is 0.544. The van der Waals surface area contributed by atoms with Crippen molar-refractivity contribution in [1.82, 2.24) is 10.6 Å². The molecule has 0 spiro atoms. The summed E-state index contributed by atoms with van der Waals surface area (Å²) in [6, 6.07) is 5.69. The fourth-order valence-corrected chi connectivity index (χ4v) is 2.66. The third kappa shape index (κ3) is 4.18. The van der Waals surface area contributed by atoms with Gasteiger partial charge in [-0.05, 0) is 30.9 Å². The number of hydrogen-bond donors (Lipinski definition) is 3. The molecule has 1 aromatic rings. The first-order valence-corrected chi connectivity index (χ1v) is 7.08. The van der Waals surface area contributed by atoms with Crippen molar-refractivity contribution in [2.75, 3.05) is 6.54 Å². The summed E-state index contributed by atoms with van der Waals surface area (Å²) in [5, 5.41) is 14.4. The van der Waals surface area contributed by atoms with Gasteiger partial charge in [0.05, 0.1) is 5.92 Å². The Bertz CT molecular complexity index is 521. The molecular weight excluding hydrogens is 275 g/mol. The lowest BCUT2D eigenvalue weighted by Gasteiger charge is -2.18. The second kappa shape index (κ2) is 7.06. The second-order valence-electron chi connectivity index (χ2n) is 5.22. The number of carbonyl (C=O) groups excluding carboxylic acids is 1. The van der Waals surface area contributed by atoms with Crippen molar-refractivity contribution in [1.29, 1.82) is 0 Å². The van der Waals surface area contributed by atoms with Gasteiger partial charge in [-0.2, -0.15) is 0 Å². The fourth-order valence-electron chi connectivity index (χ4n) is 2.66. The molecule has 1 saturated carbocycles. The smallest absolute Gasteiger partial charge is 0.315 e. The van der Waals surface area contributed by atoms with E-state index in [0.717, 1.165) is 6.42 Å². The molecule has 21 heavy (non-hydrogen) atoms. The minimum atomic E-state index is -0.871. The van der Waals surface area contributed by atoms with E-state index in [4.69, 9.17) is 5.11 Å². The van der Waals surface area contributed by atoms with Crippen molar-refractivity contribution in [2.24, 2.45) is 5.92 Å². The predicted octanol–water partition coefficient (Wildman–Crippen LogP) is 1.92. The van der Waals surface area contributed by atoms with Gasteiger partial charge in [0.15, 0.2) is 0 Å². The van der Waals surface area contributed by atoms with E-state index in [9.17, 15) is 14.0 Å². The second-order valence-corrected chi connectivity index (χ2v) is 5.22. The molecule has 1 aliphatic carbocycles. The van der Waals surface area contributed by atoms with Crippen LogP contribution in [0.1, 0.15) is 24.8 Å². The topological polar surface area (TPSA) is 78.4 Å². The Kier molecular flexibility index (Phi) is 5.14. The zero-order valence-corrected chi connectivity index (χ0v) is 11.6. The zero-order valence-electron chi connectivity index (χ0n) is 11.6. The number of aliphatic carboxylic acids is 1. The fraction of sp³-hybridized carbons (Fsp3) is 0.467. The van der Waals surface area contributed by atoms with Crippen LogP contribution in [0.3, 0.4) is 0 Å². The molecule has 0 aliphatic heterocycles. The number of urea groups is 1. The van der Waals surface area contributed by atoms with Crippen LogP contribution in [-0.4, -0.2) is 29.7 Å². The molecule has 0 aromatic heterocycles. The Morgan fingerprint density at radius 3 is 2.76 bits per heavy atom. The number of carboxylic acids is 1. The van der Waals surface area contributed by atoms with E-state index in [0.29, 0.717) is 31.4 Å². The summed E-state index contributed by atoms with van der Waals surface area (Å²) in [6.07, 6.45) is 2.47. The van der Waals surface area contributed by atoms with Crippen molar-refractivity contribution >= 4 is 12.0 Å². The van der Waals surface area contributed by atoms with Crippen molar-refractivity contribution in [3.63, 3.8) is 0 Å². The molecule has 0 radical (unpaired) electrons. The number of carboxylic acid groups (broad SMARTS) is 1. The maximum Gasteiger partial charge on any atom is 0.315 e. The van der Waals surface area contributed by atoms with Gasteiger partial charge >= 0.3 is 12.0 Å². The van der Waals surface area contributed by atoms with Crippen LogP contribution in [0, 0.1) is 11.7 Å². The van der Waals surface area contributed by atoms with Gasteiger partial charge in [-0.25, -0.2) is 9.18 Å². The van der Waals surface area contributed by atoms with Gasteiger partial charge < -0.3 is 15.7 Å². The largest absolute Gasteiger partial charge is 0.481 e. The van der Waals surface area contributed by atoms with Gasteiger partial charge in [-0.15, -0.1) is 0 Å². The first-order chi connectivity index (χ1) is 10.1. The SMILES string of the molecule is O=C(NCCc1ccccc1F)NC1CCCC1C(=O)O. The maximum absolute atomic E-state index is 13.4. The molecular formula is C15H19FN2O3. The number of hydrogen-bond acceptors (Lipinski definition) is 2. The Balaban J connectivity index is 1.75. The quantitative estimate of drug-likeness (QED) is 0.776. The van der Waals surface area contributed by atoms with Crippen LogP contribution in [0.25, 0.3) is 0 Å². The molecule has 2 atom stereocenters. The number of benzene rings is 1. The summed E-state index contributed by atoms with van der Waals surface area (Å²) in [7, 11) is 0. The van der Waals surface area contributed by atoms with Crippen molar-refractivity contribution in [2.45, 2.75) is 31.7 Å². The van der Waals surface area contributed by atoms with Crippen molar-refractivity contribution in [3.8, 4) is 0 Å². The maximum atomic E-state index is 13.4. The summed E-state index contributed by atoms with van der Waals surface area (Å²) in [4.78, 5) is 22.8. The standard InChI is InChI=1S/C15H19FN2O3/c16-12-6-2-1-4-10(12)8-9-17-15(21)18-13-7-3-5-11(13)14(19)20/h1-2,4,6,11,13H,3,5,7-9H2,(H,19,20)(H2,17,18,21). The number of nitrogens with one attached hydrogen (secondary N) is 2. The van der Waals surface area contributed by atoms with E-state index in [2.05, 4.69) is 10.6 Å². The van der Waals surface area contributed by atoms with E-state index < -0.39 is 17.9 Å². The van der Waals surface area contributed by atoms with Crippen molar-refractivity contribution < 1.29 is 19.1 Å². The van der Waals surface area contributed by atoms with Crippen LogP contribution in [0.5, 0.6) is 0 Å². The average molecular weight is 294 g/mol. The molecule has 6 heteroatoms. The van der Waals surface area contributed by atoms with Gasteiger partial charge in [0.25, 0.3) is 0 Å². The minimum absolute atomic E-state index is 0.290. The third-order valence-electron chi connectivity index (χ3n) is 3.79. The van der Waals surface area contributed by atoms with E-state index >= 15 is 0 Å². The normalized spacial score (nSPS) is 21.0. The highest BCUT2D eigenvalue weighted by Crippen LogP contribution is 2.25. The van der Waals surface area contributed by atoms with Crippen LogP contribution in [0.15, 0.2) is 24.3 Å². The number of halogens is 1. The van der Waals surface area contributed by atoms with E-state index in [-0.39, 0.29) is 11.9 Å². The molecule has 2 unspecified atom stereocenters. The summed E-state index contributed by atoms with van der Waals surface area (Å²) >= 11 is 0. The third-order valence-corrected chi connectivity index (χ3v) is 3.79. The molecule has 0 bridgehead atoms. The molecule has 1 aliphatic rings. The predicted molar refractivity (Wildman–Crippen MR) is 75.4 cm³/mol. The van der Waals surface area contributed by atoms with Crippen molar-refractivity contribution in [3.05, 3.63) is 35.6 Å². The number of amides is 2.